The first-order chi connectivity index (χ1) is 6.22. The van der Waals surface area contributed by atoms with Gasteiger partial charge in [-0.2, -0.15) is 0 Å². The lowest BCUT2D eigenvalue weighted by molar-refractivity contribution is -0.142. The predicted molar refractivity (Wildman–Crippen MR) is 54.7 cm³/mol. The van der Waals surface area contributed by atoms with Crippen LogP contribution in [0.25, 0.3) is 0 Å². The summed E-state index contributed by atoms with van der Waals surface area (Å²) in [7, 11) is 0. The van der Waals surface area contributed by atoms with E-state index in [0.29, 0.717) is 0 Å². The Balaban J connectivity index is 3.69. The van der Waals surface area contributed by atoms with Gasteiger partial charge in [-0.25, -0.2) is 0 Å². The van der Waals surface area contributed by atoms with Crippen molar-refractivity contribution in [1.82, 2.24) is 0 Å². The number of carboxylic acids is 1. The van der Waals surface area contributed by atoms with E-state index in [-0.39, 0.29) is 5.92 Å². The van der Waals surface area contributed by atoms with E-state index >= 15 is 0 Å². The van der Waals surface area contributed by atoms with Crippen molar-refractivity contribution in [1.29, 1.82) is 0 Å². The molecule has 0 bridgehead atoms. The fraction of sp³-hybridized carbons (Fsp3) is 0.727. The van der Waals surface area contributed by atoms with Crippen LogP contribution >= 0.6 is 0 Å². The third-order valence-electron chi connectivity index (χ3n) is 2.07. The van der Waals surface area contributed by atoms with E-state index in [2.05, 4.69) is 19.1 Å². The lowest BCUT2D eigenvalue weighted by Crippen LogP contribution is -2.12. The second kappa shape index (κ2) is 7.84. The summed E-state index contributed by atoms with van der Waals surface area (Å²) in [5.41, 5.74) is 0. The zero-order chi connectivity index (χ0) is 10.1. The Morgan fingerprint density at radius 3 is 2.46 bits per heavy atom. The molecule has 0 aliphatic rings. The van der Waals surface area contributed by atoms with Crippen molar-refractivity contribution in [2.75, 3.05) is 0 Å². The minimum Gasteiger partial charge on any atom is -0.481 e. The molecule has 0 aliphatic heterocycles. The van der Waals surface area contributed by atoms with Gasteiger partial charge < -0.3 is 5.11 Å². The van der Waals surface area contributed by atoms with Crippen molar-refractivity contribution in [3.63, 3.8) is 0 Å². The fourth-order valence-electron chi connectivity index (χ4n) is 1.32. The molecule has 0 amide bonds. The van der Waals surface area contributed by atoms with Crippen LogP contribution in [0.3, 0.4) is 0 Å². The highest BCUT2D eigenvalue weighted by Crippen LogP contribution is 2.14. The van der Waals surface area contributed by atoms with E-state index < -0.39 is 5.97 Å². The highest BCUT2D eigenvalue weighted by atomic mass is 16.4. The van der Waals surface area contributed by atoms with Crippen molar-refractivity contribution < 1.29 is 9.90 Å². The van der Waals surface area contributed by atoms with Crippen molar-refractivity contribution in [2.24, 2.45) is 5.92 Å². The normalized spacial score (nSPS) is 13.4. The lowest BCUT2D eigenvalue weighted by Gasteiger charge is -2.08. The van der Waals surface area contributed by atoms with Crippen LogP contribution in [-0.2, 0) is 4.79 Å². The van der Waals surface area contributed by atoms with Gasteiger partial charge in [0.1, 0.15) is 0 Å². The van der Waals surface area contributed by atoms with Crippen LogP contribution < -0.4 is 0 Å². The van der Waals surface area contributed by atoms with Crippen molar-refractivity contribution >= 4 is 5.97 Å². The van der Waals surface area contributed by atoms with Gasteiger partial charge in [-0.3, -0.25) is 4.79 Å². The van der Waals surface area contributed by atoms with Crippen LogP contribution in [0.5, 0.6) is 0 Å². The van der Waals surface area contributed by atoms with E-state index in [9.17, 15) is 4.79 Å². The Bertz CT molecular complexity index is 161. The van der Waals surface area contributed by atoms with Crippen molar-refractivity contribution in [3.8, 4) is 0 Å². The van der Waals surface area contributed by atoms with Gasteiger partial charge in [0.2, 0.25) is 0 Å². The molecule has 0 spiro atoms. The zero-order valence-electron chi connectivity index (χ0n) is 8.62. The standard InChI is InChI=1S/C11H20O2/c1-3-5-6-7-9-10(8-4-2)11(12)13/h5-6,10H,3-4,7-9H2,1-2H3,(H,12,13)/b6-5-. The van der Waals surface area contributed by atoms with Crippen molar-refractivity contribution in [3.05, 3.63) is 12.2 Å². The number of rotatable bonds is 7. The smallest absolute Gasteiger partial charge is 0.306 e. The molecule has 0 aromatic rings. The first kappa shape index (κ1) is 12.2. The van der Waals surface area contributed by atoms with Crippen molar-refractivity contribution in [2.45, 2.75) is 46.0 Å². The molecule has 0 aromatic heterocycles. The number of carboxylic acid groups (broad SMARTS) is 1. The highest BCUT2D eigenvalue weighted by Gasteiger charge is 2.14. The molecule has 13 heavy (non-hydrogen) atoms. The van der Waals surface area contributed by atoms with Crippen LogP contribution in [0.2, 0.25) is 0 Å². The van der Waals surface area contributed by atoms with E-state index in [0.717, 1.165) is 32.1 Å². The number of hydrogen-bond donors (Lipinski definition) is 1. The Morgan fingerprint density at radius 2 is 2.00 bits per heavy atom. The molecular weight excluding hydrogens is 164 g/mol. The second-order valence-electron chi connectivity index (χ2n) is 3.28. The van der Waals surface area contributed by atoms with E-state index in [1.807, 2.05) is 6.92 Å². The first-order valence-corrected chi connectivity index (χ1v) is 5.10. The third-order valence-corrected chi connectivity index (χ3v) is 2.07. The summed E-state index contributed by atoms with van der Waals surface area (Å²) < 4.78 is 0. The summed E-state index contributed by atoms with van der Waals surface area (Å²) >= 11 is 0. The Morgan fingerprint density at radius 1 is 1.31 bits per heavy atom. The van der Waals surface area contributed by atoms with Crippen LogP contribution in [0, 0.1) is 5.92 Å². The van der Waals surface area contributed by atoms with Crippen LogP contribution in [0.15, 0.2) is 12.2 Å². The Hall–Kier alpha value is -0.790. The molecule has 0 radical (unpaired) electrons. The maximum absolute atomic E-state index is 10.7. The van der Waals surface area contributed by atoms with Crippen LogP contribution in [0.1, 0.15) is 46.0 Å². The lowest BCUT2D eigenvalue weighted by atomic mass is 9.98. The summed E-state index contributed by atoms with van der Waals surface area (Å²) in [5, 5.41) is 8.84. The van der Waals surface area contributed by atoms with E-state index in [4.69, 9.17) is 5.11 Å². The predicted octanol–water partition coefficient (Wildman–Crippen LogP) is 3.23. The molecule has 76 valence electrons. The van der Waals surface area contributed by atoms with Gasteiger partial charge >= 0.3 is 5.97 Å². The average molecular weight is 184 g/mol. The summed E-state index contributed by atoms with van der Waals surface area (Å²) in [6.07, 6.45) is 8.62. The molecule has 0 fully saturated rings. The Labute approximate surface area is 80.7 Å². The second-order valence-corrected chi connectivity index (χ2v) is 3.28. The third kappa shape index (κ3) is 6.38. The topological polar surface area (TPSA) is 37.3 Å². The Kier molecular flexibility index (Phi) is 7.36. The average Bonchev–Trinajstić information content (AvgIpc) is 2.10. The van der Waals surface area contributed by atoms with Gasteiger partial charge in [0.25, 0.3) is 0 Å². The van der Waals surface area contributed by atoms with Gasteiger partial charge in [0.15, 0.2) is 0 Å². The first-order valence-electron chi connectivity index (χ1n) is 5.10. The molecule has 0 saturated heterocycles. The molecule has 2 heteroatoms. The number of aliphatic carboxylic acids is 1. The molecule has 0 rings (SSSR count). The molecule has 0 heterocycles. The highest BCUT2D eigenvalue weighted by molar-refractivity contribution is 5.69. The maximum atomic E-state index is 10.7. The number of carbonyl (C=O) groups is 1. The molecule has 0 aromatic carbocycles. The SMILES string of the molecule is CC/C=C\CCC(CCC)C(=O)O. The van der Waals surface area contributed by atoms with Gasteiger partial charge in [-0.15, -0.1) is 0 Å². The van der Waals surface area contributed by atoms with Gasteiger partial charge in [-0.05, 0) is 25.7 Å². The largest absolute Gasteiger partial charge is 0.481 e. The minimum absolute atomic E-state index is 0.147. The summed E-state index contributed by atoms with van der Waals surface area (Å²) in [4.78, 5) is 10.7. The monoisotopic (exact) mass is 184 g/mol. The molecule has 1 N–H and O–H groups in total. The van der Waals surface area contributed by atoms with Gasteiger partial charge in [0.05, 0.1) is 5.92 Å². The quantitative estimate of drug-likeness (QED) is 0.617. The zero-order valence-corrected chi connectivity index (χ0v) is 8.62. The van der Waals surface area contributed by atoms with Gasteiger partial charge in [0, 0.05) is 0 Å². The molecule has 0 saturated carbocycles. The van der Waals surface area contributed by atoms with Crippen LogP contribution in [-0.4, -0.2) is 11.1 Å². The number of allylic oxidation sites excluding steroid dienone is 2. The molecular formula is C11H20O2. The van der Waals surface area contributed by atoms with Gasteiger partial charge in [-0.1, -0.05) is 32.4 Å². The summed E-state index contributed by atoms with van der Waals surface area (Å²) in [5.74, 6) is -0.793. The van der Waals surface area contributed by atoms with E-state index in [1.54, 1.807) is 0 Å². The fourth-order valence-corrected chi connectivity index (χ4v) is 1.32. The molecule has 2 nitrogen and oxygen atoms in total. The molecule has 0 aliphatic carbocycles. The van der Waals surface area contributed by atoms with Crippen LogP contribution in [0.4, 0.5) is 0 Å². The number of hydrogen-bond acceptors (Lipinski definition) is 1. The molecule has 1 unspecified atom stereocenters. The minimum atomic E-state index is -0.647. The van der Waals surface area contributed by atoms with E-state index in [1.165, 1.54) is 0 Å². The molecule has 1 atom stereocenters. The summed E-state index contributed by atoms with van der Waals surface area (Å²) in [6, 6.07) is 0. The maximum Gasteiger partial charge on any atom is 0.306 e. The summed E-state index contributed by atoms with van der Waals surface area (Å²) in [6.45, 7) is 4.11.